The van der Waals surface area contributed by atoms with Crippen LogP contribution in [0.3, 0.4) is 0 Å². The van der Waals surface area contributed by atoms with E-state index >= 15 is 0 Å². The third-order valence-electron chi connectivity index (χ3n) is 2.15. The van der Waals surface area contributed by atoms with Crippen molar-refractivity contribution in [1.82, 2.24) is 4.72 Å². The van der Waals surface area contributed by atoms with Crippen molar-refractivity contribution in [2.24, 2.45) is 5.73 Å². The second kappa shape index (κ2) is 4.80. The standard InChI is InChI=1S/C10H14FN3O2S/c1-6-3-8(11)4-7(2)10(6)17(15,16)14-5-9(12)13/h3-4,14H,5H2,1-2H3,(H3,12,13). The van der Waals surface area contributed by atoms with Crippen LogP contribution in [0.25, 0.3) is 0 Å². The first-order valence-electron chi connectivity index (χ1n) is 4.83. The van der Waals surface area contributed by atoms with E-state index in [-0.39, 0.29) is 17.3 Å². The molecule has 0 aromatic heterocycles. The fourth-order valence-electron chi connectivity index (χ4n) is 1.57. The van der Waals surface area contributed by atoms with Gasteiger partial charge in [0.1, 0.15) is 11.7 Å². The number of nitrogens with two attached hydrogens (primary N) is 1. The van der Waals surface area contributed by atoms with Crippen LogP contribution in [0.4, 0.5) is 4.39 Å². The molecule has 0 saturated heterocycles. The van der Waals surface area contributed by atoms with Crippen LogP contribution in [0.15, 0.2) is 17.0 Å². The number of amidine groups is 1. The molecule has 0 bridgehead atoms. The molecule has 5 nitrogen and oxygen atoms in total. The van der Waals surface area contributed by atoms with Gasteiger partial charge in [0.15, 0.2) is 0 Å². The van der Waals surface area contributed by atoms with Crippen molar-refractivity contribution in [3.8, 4) is 0 Å². The minimum Gasteiger partial charge on any atom is -0.387 e. The average Bonchev–Trinajstić information content (AvgIpc) is 2.12. The van der Waals surface area contributed by atoms with E-state index < -0.39 is 15.8 Å². The number of halogens is 1. The van der Waals surface area contributed by atoms with Gasteiger partial charge in [-0.15, -0.1) is 0 Å². The van der Waals surface area contributed by atoms with Gasteiger partial charge in [0.25, 0.3) is 0 Å². The van der Waals surface area contributed by atoms with Gasteiger partial charge < -0.3 is 5.73 Å². The van der Waals surface area contributed by atoms with Gasteiger partial charge in [-0.1, -0.05) is 0 Å². The van der Waals surface area contributed by atoms with E-state index in [0.717, 1.165) is 12.1 Å². The quantitative estimate of drug-likeness (QED) is 0.547. The highest BCUT2D eigenvalue weighted by atomic mass is 32.2. The van der Waals surface area contributed by atoms with E-state index in [0.29, 0.717) is 11.1 Å². The highest BCUT2D eigenvalue weighted by molar-refractivity contribution is 7.89. The van der Waals surface area contributed by atoms with Gasteiger partial charge in [-0.05, 0) is 37.1 Å². The molecule has 0 spiro atoms. The van der Waals surface area contributed by atoms with Crippen molar-refractivity contribution >= 4 is 15.9 Å². The lowest BCUT2D eigenvalue weighted by molar-refractivity contribution is 0.583. The van der Waals surface area contributed by atoms with Crippen LogP contribution in [0.2, 0.25) is 0 Å². The van der Waals surface area contributed by atoms with Crippen LogP contribution < -0.4 is 10.5 Å². The first kappa shape index (κ1) is 13.6. The SMILES string of the molecule is Cc1cc(F)cc(C)c1S(=O)(=O)NCC(=N)N. The van der Waals surface area contributed by atoms with Crippen LogP contribution in [-0.2, 0) is 10.0 Å². The normalized spacial score (nSPS) is 11.5. The van der Waals surface area contributed by atoms with E-state index in [4.69, 9.17) is 11.1 Å². The van der Waals surface area contributed by atoms with Gasteiger partial charge in [-0.3, -0.25) is 5.41 Å². The van der Waals surface area contributed by atoms with Gasteiger partial charge in [0, 0.05) is 0 Å². The summed E-state index contributed by atoms with van der Waals surface area (Å²) in [5, 5.41) is 6.97. The second-order valence-electron chi connectivity index (χ2n) is 3.72. The number of rotatable bonds is 4. The molecule has 0 aliphatic rings. The number of hydrogen-bond donors (Lipinski definition) is 3. The zero-order valence-corrected chi connectivity index (χ0v) is 10.4. The molecule has 1 rings (SSSR count). The summed E-state index contributed by atoms with van der Waals surface area (Å²) in [5.41, 5.74) is 5.71. The van der Waals surface area contributed by atoms with Gasteiger partial charge >= 0.3 is 0 Å². The maximum Gasteiger partial charge on any atom is 0.241 e. The summed E-state index contributed by atoms with van der Waals surface area (Å²) in [4.78, 5) is 0.0279. The van der Waals surface area contributed by atoms with Crippen LogP contribution in [0, 0.1) is 25.1 Å². The highest BCUT2D eigenvalue weighted by Crippen LogP contribution is 2.20. The number of sulfonamides is 1. The molecule has 0 atom stereocenters. The van der Waals surface area contributed by atoms with Gasteiger partial charge in [-0.25, -0.2) is 17.5 Å². The Labute approximate surface area is 99.4 Å². The van der Waals surface area contributed by atoms with Crippen molar-refractivity contribution in [3.63, 3.8) is 0 Å². The largest absolute Gasteiger partial charge is 0.387 e. The van der Waals surface area contributed by atoms with Crippen molar-refractivity contribution < 1.29 is 12.8 Å². The van der Waals surface area contributed by atoms with Crippen molar-refractivity contribution in [2.45, 2.75) is 18.7 Å². The molecule has 1 aromatic rings. The van der Waals surface area contributed by atoms with Crippen LogP contribution in [-0.4, -0.2) is 20.8 Å². The topological polar surface area (TPSA) is 96.0 Å². The summed E-state index contributed by atoms with van der Waals surface area (Å²) < 4.78 is 39.0. The fraction of sp³-hybridized carbons (Fsp3) is 0.300. The minimum atomic E-state index is -3.77. The fourth-order valence-corrected chi connectivity index (χ4v) is 3.02. The lowest BCUT2D eigenvalue weighted by atomic mass is 10.1. The first-order valence-corrected chi connectivity index (χ1v) is 6.31. The maximum atomic E-state index is 13.0. The minimum absolute atomic E-state index is 0.0279. The van der Waals surface area contributed by atoms with Crippen LogP contribution in [0.1, 0.15) is 11.1 Å². The molecule has 0 aliphatic heterocycles. The average molecular weight is 259 g/mol. The monoisotopic (exact) mass is 259 g/mol. The van der Waals surface area contributed by atoms with Gasteiger partial charge in [0.05, 0.1) is 11.4 Å². The van der Waals surface area contributed by atoms with E-state index in [2.05, 4.69) is 4.72 Å². The Morgan fingerprint density at radius 3 is 2.29 bits per heavy atom. The molecule has 0 aliphatic carbocycles. The third kappa shape index (κ3) is 3.24. The first-order chi connectivity index (χ1) is 7.74. The summed E-state index contributed by atoms with van der Waals surface area (Å²) in [7, 11) is -3.77. The number of nitrogens with one attached hydrogen (secondary N) is 2. The zero-order valence-electron chi connectivity index (χ0n) is 9.54. The van der Waals surface area contributed by atoms with Crippen molar-refractivity contribution in [2.75, 3.05) is 6.54 Å². The Bertz CT molecular complexity index is 532. The molecule has 17 heavy (non-hydrogen) atoms. The highest BCUT2D eigenvalue weighted by Gasteiger charge is 2.20. The van der Waals surface area contributed by atoms with Gasteiger partial charge in [-0.2, -0.15) is 0 Å². The van der Waals surface area contributed by atoms with Gasteiger partial charge in [0.2, 0.25) is 10.0 Å². The Kier molecular flexibility index (Phi) is 3.84. The molecule has 0 amide bonds. The van der Waals surface area contributed by atoms with E-state index in [9.17, 15) is 12.8 Å². The van der Waals surface area contributed by atoms with Crippen LogP contribution in [0.5, 0.6) is 0 Å². The molecule has 0 saturated carbocycles. The maximum absolute atomic E-state index is 13.0. The molecule has 1 aromatic carbocycles. The molecule has 0 heterocycles. The summed E-state index contributed by atoms with van der Waals surface area (Å²) in [6.45, 7) is 2.76. The van der Waals surface area contributed by atoms with Crippen molar-refractivity contribution in [1.29, 1.82) is 5.41 Å². The van der Waals surface area contributed by atoms with E-state index in [1.54, 1.807) is 0 Å². The Morgan fingerprint density at radius 1 is 1.41 bits per heavy atom. The molecule has 4 N–H and O–H groups in total. The number of aryl methyl sites for hydroxylation is 2. The smallest absolute Gasteiger partial charge is 0.241 e. The molecule has 7 heteroatoms. The molecule has 0 unspecified atom stereocenters. The van der Waals surface area contributed by atoms with E-state index in [1.807, 2.05) is 0 Å². The predicted molar refractivity (Wildman–Crippen MR) is 63.0 cm³/mol. The number of hydrogen-bond acceptors (Lipinski definition) is 3. The predicted octanol–water partition coefficient (Wildman–Crippen LogP) is 0.657. The molecular formula is C10H14FN3O2S. The van der Waals surface area contributed by atoms with Crippen LogP contribution >= 0.6 is 0 Å². The van der Waals surface area contributed by atoms with E-state index in [1.165, 1.54) is 13.8 Å². The lowest BCUT2D eigenvalue weighted by Crippen LogP contribution is -2.33. The summed E-state index contributed by atoms with van der Waals surface area (Å²) in [6.07, 6.45) is 0. The molecule has 0 fully saturated rings. The Hall–Kier alpha value is -1.47. The Balaban J connectivity index is 3.20. The molecule has 94 valence electrons. The van der Waals surface area contributed by atoms with Crippen molar-refractivity contribution in [3.05, 3.63) is 29.1 Å². The summed E-state index contributed by atoms with van der Waals surface area (Å²) >= 11 is 0. The second-order valence-corrected chi connectivity index (χ2v) is 5.42. The molecular weight excluding hydrogens is 245 g/mol. The lowest BCUT2D eigenvalue weighted by Gasteiger charge is -2.11. The molecule has 0 radical (unpaired) electrons. The number of benzene rings is 1. The zero-order chi connectivity index (χ0) is 13.2. The summed E-state index contributed by atoms with van der Waals surface area (Å²) in [6, 6.07) is 2.30. The third-order valence-corrected chi connectivity index (χ3v) is 3.85. The summed E-state index contributed by atoms with van der Waals surface area (Å²) in [5.74, 6) is -0.767. The Morgan fingerprint density at radius 2 is 1.88 bits per heavy atom.